The van der Waals surface area contributed by atoms with E-state index in [2.05, 4.69) is 20.0 Å². The molecule has 1 unspecified atom stereocenters. The molecule has 3 aromatic rings. The van der Waals surface area contributed by atoms with Crippen molar-refractivity contribution < 1.29 is 0 Å². The molecule has 0 amide bonds. The van der Waals surface area contributed by atoms with Crippen LogP contribution in [0.2, 0.25) is 0 Å². The lowest BCUT2D eigenvalue weighted by Crippen LogP contribution is -2.29. The first-order valence-corrected chi connectivity index (χ1v) is 6.30. The Morgan fingerprint density at radius 1 is 1.22 bits per heavy atom. The predicted molar refractivity (Wildman–Crippen MR) is 70.8 cm³/mol. The van der Waals surface area contributed by atoms with Gasteiger partial charge in [-0.2, -0.15) is 0 Å². The number of hydrogen-bond donors (Lipinski definition) is 2. The molecule has 0 spiro atoms. The van der Waals surface area contributed by atoms with Crippen molar-refractivity contribution in [2.45, 2.75) is 6.04 Å². The molecule has 0 aliphatic carbocycles. The van der Waals surface area contributed by atoms with E-state index in [4.69, 9.17) is 5.84 Å². The molecule has 0 saturated heterocycles. The fourth-order valence-corrected chi connectivity index (χ4v) is 2.49. The second-order valence-electron chi connectivity index (χ2n) is 3.85. The molecular formula is C12H11N5S. The maximum absolute atomic E-state index is 5.65. The van der Waals surface area contributed by atoms with Gasteiger partial charge in [0.1, 0.15) is 0 Å². The fourth-order valence-electron chi connectivity index (χ4n) is 2.01. The first-order chi connectivity index (χ1) is 8.90. The molecule has 0 aliphatic heterocycles. The molecule has 0 saturated carbocycles. The first-order valence-electron chi connectivity index (χ1n) is 5.47. The third-order valence-corrected chi connectivity index (χ3v) is 3.35. The predicted octanol–water partition coefficient (Wildman–Crippen LogP) is 1.64. The summed E-state index contributed by atoms with van der Waals surface area (Å²) in [5.74, 6) is 5.65. The molecule has 0 bridgehead atoms. The van der Waals surface area contributed by atoms with Gasteiger partial charge in [0.15, 0.2) is 0 Å². The number of nitrogens with one attached hydrogen (secondary N) is 1. The number of benzene rings is 1. The van der Waals surface area contributed by atoms with Crippen LogP contribution < -0.4 is 11.3 Å². The molecule has 0 fully saturated rings. The van der Waals surface area contributed by atoms with E-state index >= 15 is 0 Å². The van der Waals surface area contributed by atoms with E-state index in [0.29, 0.717) is 0 Å². The van der Waals surface area contributed by atoms with Gasteiger partial charge in [-0.25, -0.2) is 5.43 Å². The Labute approximate surface area is 108 Å². The van der Waals surface area contributed by atoms with Gasteiger partial charge in [0.05, 0.1) is 17.3 Å². The maximum atomic E-state index is 5.65. The number of hydrogen-bond acceptors (Lipinski definition) is 6. The van der Waals surface area contributed by atoms with Gasteiger partial charge in [-0.1, -0.05) is 22.7 Å². The average Bonchev–Trinajstić information content (AvgIpc) is 2.94. The molecule has 3 N–H and O–H groups in total. The molecule has 18 heavy (non-hydrogen) atoms. The number of hydrazine groups is 1. The van der Waals surface area contributed by atoms with Gasteiger partial charge in [-0.3, -0.25) is 10.8 Å². The zero-order chi connectivity index (χ0) is 12.4. The molecule has 0 aliphatic rings. The van der Waals surface area contributed by atoms with E-state index in [9.17, 15) is 0 Å². The van der Waals surface area contributed by atoms with Crippen molar-refractivity contribution >= 4 is 22.4 Å². The van der Waals surface area contributed by atoms with Gasteiger partial charge in [0.2, 0.25) is 0 Å². The van der Waals surface area contributed by atoms with Crippen LogP contribution in [-0.2, 0) is 0 Å². The summed E-state index contributed by atoms with van der Waals surface area (Å²) in [5, 5.41) is 7.03. The quantitative estimate of drug-likeness (QED) is 0.551. The number of rotatable bonds is 3. The highest BCUT2D eigenvalue weighted by Crippen LogP contribution is 2.26. The van der Waals surface area contributed by atoms with Crippen molar-refractivity contribution in [3.63, 3.8) is 0 Å². The van der Waals surface area contributed by atoms with E-state index in [1.807, 2.05) is 35.7 Å². The maximum Gasteiger partial charge on any atom is 0.0983 e. The van der Waals surface area contributed by atoms with Crippen LogP contribution in [0.15, 0.2) is 41.9 Å². The van der Waals surface area contributed by atoms with Crippen LogP contribution in [0.5, 0.6) is 0 Å². The minimum Gasteiger partial charge on any atom is -0.271 e. The van der Waals surface area contributed by atoms with Crippen molar-refractivity contribution in [3.8, 4) is 0 Å². The molecular weight excluding hydrogens is 246 g/mol. The highest BCUT2D eigenvalue weighted by Gasteiger charge is 2.17. The normalized spacial score (nSPS) is 12.7. The minimum atomic E-state index is -0.170. The van der Waals surface area contributed by atoms with E-state index in [0.717, 1.165) is 22.2 Å². The van der Waals surface area contributed by atoms with Gasteiger partial charge in [0, 0.05) is 17.0 Å². The lowest BCUT2D eigenvalue weighted by Gasteiger charge is -2.15. The standard InChI is InChI=1S/C12H11N5S/c13-15-12(11-7-18-17-16-11)9-3-1-5-10-8(9)4-2-6-14-10/h1-7,12,15H,13H2. The fraction of sp³-hybridized carbons (Fsp3) is 0.0833. The van der Waals surface area contributed by atoms with Crippen molar-refractivity contribution in [1.82, 2.24) is 20.0 Å². The Balaban J connectivity index is 2.18. The van der Waals surface area contributed by atoms with Gasteiger partial charge in [-0.15, -0.1) is 5.10 Å². The lowest BCUT2D eigenvalue weighted by atomic mass is 10.00. The van der Waals surface area contributed by atoms with Crippen LogP contribution in [-0.4, -0.2) is 14.6 Å². The largest absolute Gasteiger partial charge is 0.271 e. The van der Waals surface area contributed by atoms with E-state index < -0.39 is 0 Å². The van der Waals surface area contributed by atoms with Crippen LogP contribution in [0.4, 0.5) is 0 Å². The molecule has 90 valence electrons. The zero-order valence-corrected chi connectivity index (χ0v) is 10.3. The van der Waals surface area contributed by atoms with Crippen LogP contribution in [0, 0.1) is 0 Å². The summed E-state index contributed by atoms with van der Waals surface area (Å²) in [4.78, 5) is 4.34. The Morgan fingerprint density at radius 2 is 2.17 bits per heavy atom. The van der Waals surface area contributed by atoms with Crippen molar-refractivity contribution in [2.24, 2.45) is 5.84 Å². The minimum absolute atomic E-state index is 0.170. The lowest BCUT2D eigenvalue weighted by molar-refractivity contribution is 0.622. The first kappa shape index (κ1) is 11.2. The second-order valence-corrected chi connectivity index (χ2v) is 4.46. The summed E-state index contributed by atoms with van der Waals surface area (Å²) in [5.41, 5.74) is 5.60. The monoisotopic (exact) mass is 257 g/mol. The summed E-state index contributed by atoms with van der Waals surface area (Å²) in [6.45, 7) is 0. The van der Waals surface area contributed by atoms with E-state index in [1.54, 1.807) is 6.20 Å². The van der Waals surface area contributed by atoms with Gasteiger partial charge in [0.25, 0.3) is 0 Å². The van der Waals surface area contributed by atoms with Crippen LogP contribution in [0.25, 0.3) is 10.9 Å². The number of nitrogens with zero attached hydrogens (tertiary/aromatic N) is 3. The van der Waals surface area contributed by atoms with Crippen LogP contribution in [0.1, 0.15) is 17.3 Å². The molecule has 6 heteroatoms. The third kappa shape index (κ3) is 1.86. The Bertz CT molecular complexity index is 647. The highest BCUT2D eigenvalue weighted by molar-refractivity contribution is 7.03. The topological polar surface area (TPSA) is 76.7 Å². The molecule has 1 atom stereocenters. The smallest absolute Gasteiger partial charge is 0.0983 e. The third-order valence-electron chi connectivity index (χ3n) is 2.83. The Hall–Kier alpha value is -1.89. The highest BCUT2D eigenvalue weighted by atomic mass is 32.1. The average molecular weight is 257 g/mol. The van der Waals surface area contributed by atoms with Gasteiger partial charge < -0.3 is 0 Å². The van der Waals surface area contributed by atoms with Crippen molar-refractivity contribution in [3.05, 3.63) is 53.2 Å². The summed E-state index contributed by atoms with van der Waals surface area (Å²) in [6.07, 6.45) is 1.78. The molecule has 2 aromatic heterocycles. The van der Waals surface area contributed by atoms with Gasteiger partial charge >= 0.3 is 0 Å². The zero-order valence-electron chi connectivity index (χ0n) is 9.45. The SMILES string of the molecule is NNC(c1csnn1)c1cccc2ncccc12. The Morgan fingerprint density at radius 3 is 2.94 bits per heavy atom. The van der Waals surface area contributed by atoms with E-state index in [-0.39, 0.29) is 6.04 Å². The molecule has 2 heterocycles. The molecule has 3 rings (SSSR count). The van der Waals surface area contributed by atoms with Crippen molar-refractivity contribution in [1.29, 1.82) is 0 Å². The van der Waals surface area contributed by atoms with Gasteiger partial charge in [-0.05, 0) is 29.2 Å². The Kier molecular flexibility index (Phi) is 2.97. The van der Waals surface area contributed by atoms with Crippen molar-refractivity contribution in [2.75, 3.05) is 0 Å². The summed E-state index contributed by atoms with van der Waals surface area (Å²) < 4.78 is 3.88. The molecule has 5 nitrogen and oxygen atoms in total. The molecule has 1 aromatic carbocycles. The summed E-state index contributed by atoms with van der Waals surface area (Å²) in [6, 6.07) is 9.74. The van der Waals surface area contributed by atoms with Crippen LogP contribution >= 0.6 is 11.5 Å². The number of nitrogens with two attached hydrogens (primary N) is 1. The number of fused-ring (bicyclic) bond motifs is 1. The van der Waals surface area contributed by atoms with E-state index in [1.165, 1.54) is 11.5 Å². The summed E-state index contributed by atoms with van der Waals surface area (Å²) >= 11 is 1.31. The second kappa shape index (κ2) is 4.77. The molecule has 0 radical (unpaired) electrons. The number of pyridine rings is 1. The number of aromatic nitrogens is 3. The summed E-state index contributed by atoms with van der Waals surface area (Å²) in [7, 11) is 0. The van der Waals surface area contributed by atoms with Crippen LogP contribution in [0.3, 0.4) is 0 Å².